The molecule has 1 saturated heterocycles. The van der Waals surface area contributed by atoms with Crippen molar-refractivity contribution in [2.75, 3.05) is 36.5 Å². The van der Waals surface area contributed by atoms with Gasteiger partial charge in [-0.05, 0) is 42.2 Å². The van der Waals surface area contributed by atoms with Crippen molar-refractivity contribution >= 4 is 28.4 Å². The highest BCUT2D eigenvalue weighted by Gasteiger charge is 2.25. The molecular formula is C23H28N10O2. The molecule has 12 heteroatoms. The third-order valence-electron chi connectivity index (χ3n) is 6.71. The van der Waals surface area contributed by atoms with Crippen molar-refractivity contribution in [3.8, 4) is 5.88 Å². The maximum absolute atomic E-state index is 6.57. The summed E-state index contributed by atoms with van der Waals surface area (Å²) >= 11 is 0. The number of morpholine rings is 1. The zero-order valence-corrected chi connectivity index (χ0v) is 19.6. The zero-order valence-electron chi connectivity index (χ0n) is 19.6. The van der Waals surface area contributed by atoms with Gasteiger partial charge in [-0.1, -0.05) is 5.10 Å². The van der Waals surface area contributed by atoms with E-state index in [0.29, 0.717) is 31.1 Å². The Morgan fingerprint density at radius 3 is 2.71 bits per heavy atom. The van der Waals surface area contributed by atoms with E-state index in [9.17, 15) is 0 Å². The van der Waals surface area contributed by atoms with Crippen LogP contribution in [0.5, 0.6) is 5.88 Å². The third kappa shape index (κ3) is 4.61. The molecule has 12 nitrogen and oxygen atoms in total. The first-order valence-corrected chi connectivity index (χ1v) is 12.0. The SMILES string of the molecule is Cn1nnnc1Nc1cnc2cc(N3CCOCC3)nc(O[C@H]3CC[C@@H](n4ccnc4)CC3)c2c1. The number of tetrazole rings is 1. The summed E-state index contributed by atoms with van der Waals surface area (Å²) in [7, 11) is 1.78. The zero-order chi connectivity index (χ0) is 23.6. The molecule has 35 heavy (non-hydrogen) atoms. The van der Waals surface area contributed by atoms with E-state index in [1.807, 2.05) is 30.9 Å². The number of nitrogens with one attached hydrogen (secondary N) is 1. The van der Waals surface area contributed by atoms with Crippen LogP contribution in [-0.4, -0.2) is 72.1 Å². The van der Waals surface area contributed by atoms with E-state index in [-0.39, 0.29) is 6.10 Å². The first kappa shape index (κ1) is 21.7. The molecule has 6 rings (SSSR count). The Morgan fingerprint density at radius 2 is 1.97 bits per heavy atom. The first-order chi connectivity index (χ1) is 17.2. The minimum atomic E-state index is 0.102. The van der Waals surface area contributed by atoms with Gasteiger partial charge < -0.3 is 24.3 Å². The van der Waals surface area contributed by atoms with E-state index in [1.54, 1.807) is 17.9 Å². The molecule has 0 aromatic carbocycles. The van der Waals surface area contributed by atoms with Gasteiger partial charge in [-0.3, -0.25) is 4.98 Å². The summed E-state index contributed by atoms with van der Waals surface area (Å²) in [6.45, 7) is 2.98. The van der Waals surface area contributed by atoms with E-state index in [0.717, 1.165) is 61.2 Å². The summed E-state index contributed by atoms with van der Waals surface area (Å²) in [6.07, 6.45) is 11.7. The lowest BCUT2D eigenvalue weighted by Crippen LogP contribution is -2.36. The van der Waals surface area contributed by atoms with Crippen LogP contribution < -0.4 is 15.0 Å². The molecule has 5 heterocycles. The summed E-state index contributed by atoms with van der Waals surface area (Å²) in [5, 5.41) is 15.6. The number of rotatable bonds is 6. The van der Waals surface area contributed by atoms with Crippen LogP contribution in [0.1, 0.15) is 31.7 Å². The van der Waals surface area contributed by atoms with Crippen molar-refractivity contribution < 1.29 is 9.47 Å². The molecule has 4 aromatic rings. The maximum Gasteiger partial charge on any atom is 0.247 e. The van der Waals surface area contributed by atoms with Gasteiger partial charge in [0.25, 0.3) is 0 Å². The first-order valence-electron chi connectivity index (χ1n) is 12.0. The van der Waals surface area contributed by atoms with Crippen LogP contribution in [0.3, 0.4) is 0 Å². The lowest BCUT2D eigenvalue weighted by molar-refractivity contribution is 0.121. The summed E-state index contributed by atoms with van der Waals surface area (Å²) in [4.78, 5) is 16.1. The average molecular weight is 477 g/mol. The van der Waals surface area contributed by atoms with Gasteiger partial charge in [0.05, 0.1) is 42.3 Å². The Kier molecular flexibility index (Phi) is 5.86. The van der Waals surface area contributed by atoms with E-state index in [4.69, 9.17) is 19.4 Å². The lowest BCUT2D eigenvalue weighted by Gasteiger charge is -2.31. The molecule has 0 amide bonds. The van der Waals surface area contributed by atoms with Crippen LogP contribution in [0, 0.1) is 0 Å². The highest BCUT2D eigenvalue weighted by molar-refractivity contribution is 5.88. The van der Waals surface area contributed by atoms with Crippen LogP contribution >= 0.6 is 0 Å². The predicted molar refractivity (Wildman–Crippen MR) is 129 cm³/mol. The van der Waals surface area contributed by atoms with Crippen molar-refractivity contribution in [1.82, 2.24) is 39.7 Å². The van der Waals surface area contributed by atoms with E-state index in [2.05, 4.69) is 35.3 Å². The molecule has 1 N–H and O–H groups in total. The van der Waals surface area contributed by atoms with Crippen molar-refractivity contribution in [3.63, 3.8) is 0 Å². The van der Waals surface area contributed by atoms with Crippen molar-refractivity contribution in [2.24, 2.45) is 7.05 Å². The fourth-order valence-corrected chi connectivity index (χ4v) is 4.76. The standard InChI is InChI=1S/C23H28N10O2/c1-31-23(28-29-30-31)26-16-12-19-20(25-14-16)13-21(32-8-10-34-11-9-32)27-22(19)35-18-4-2-17(3-5-18)33-7-6-24-15-33/h6-7,12-15,17-18H,2-5,8-11H2,1H3,(H,26,28,30)/t17-,18+. The van der Waals surface area contributed by atoms with Gasteiger partial charge in [-0.15, -0.1) is 0 Å². The number of hydrogen-bond donors (Lipinski definition) is 1. The minimum Gasteiger partial charge on any atom is -0.474 e. The van der Waals surface area contributed by atoms with Gasteiger partial charge in [0.1, 0.15) is 11.9 Å². The molecule has 0 atom stereocenters. The minimum absolute atomic E-state index is 0.102. The second kappa shape index (κ2) is 9.45. The molecule has 182 valence electrons. The number of anilines is 3. The topological polar surface area (TPSA) is 121 Å². The largest absolute Gasteiger partial charge is 0.474 e. The molecule has 1 aliphatic carbocycles. The number of fused-ring (bicyclic) bond motifs is 1. The highest BCUT2D eigenvalue weighted by Crippen LogP contribution is 2.35. The number of ether oxygens (including phenoxy) is 2. The van der Waals surface area contributed by atoms with Crippen LogP contribution in [0.2, 0.25) is 0 Å². The molecular weight excluding hydrogens is 448 g/mol. The van der Waals surface area contributed by atoms with Crippen molar-refractivity contribution in [2.45, 2.75) is 37.8 Å². The summed E-state index contributed by atoms with van der Waals surface area (Å²) < 4.78 is 15.9. The number of imidazole rings is 1. The molecule has 2 aliphatic rings. The number of aromatic nitrogens is 8. The van der Waals surface area contributed by atoms with Gasteiger partial charge >= 0.3 is 0 Å². The highest BCUT2D eigenvalue weighted by atomic mass is 16.5. The number of pyridine rings is 2. The van der Waals surface area contributed by atoms with Gasteiger partial charge in [0.2, 0.25) is 11.8 Å². The monoisotopic (exact) mass is 476 g/mol. The summed E-state index contributed by atoms with van der Waals surface area (Å²) in [5.41, 5.74) is 1.61. The molecule has 2 fully saturated rings. The van der Waals surface area contributed by atoms with Crippen molar-refractivity contribution in [1.29, 1.82) is 0 Å². The maximum atomic E-state index is 6.57. The van der Waals surface area contributed by atoms with Gasteiger partial charge in [0, 0.05) is 44.6 Å². The van der Waals surface area contributed by atoms with Crippen molar-refractivity contribution in [3.05, 3.63) is 37.1 Å². The van der Waals surface area contributed by atoms with Crippen LogP contribution in [0.15, 0.2) is 37.1 Å². The van der Waals surface area contributed by atoms with Gasteiger partial charge in [-0.2, -0.15) is 4.98 Å². The second-order valence-corrected chi connectivity index (χ2v) is 8.99. The molecule has 1 aliphatic heterocycles. The van der Waals surface area contributed by atoms with Gasteiger partial charge in [-0.25, -0.2) is 9.67 Å². The molecule has 0 bridgehead atoms. The quantitative estimate of drug-likeness (QED) is 0.444. The van der Waals surface area contributed by atoms with E-state index in [1.165, 1.54) is 0 Å². The van der Waals surface area contributed by atoms with Crippen LogP contribution in [-0.2, 0) is 11.8 Å². The molecule has 0 radical (unpaired) electrons. The van der Waals surface area contributed by atoms with Gasteiger partial charge in [0.15, 0.2) is 0 Å². The lowest BCUT2D eigenvalue weighted by atomic mass is 9.93. The summed E-state index contributed by atoms with van der Waals surface area (Å²) in [6, 6.07) is 4.50. The Morgan fingerprint density at radius 1 is 1.11 bits per heavy atom. The Labute approximate surface area is 202 Å². The fourth-order valence-electron chi connectivity index (χ4n) is 4.76. The van der Waals surface area contributed by atoms with E-state index >= 15 is 0 Å². The van der Waals surface area contributed by atoms with E-state index < -0.39 is 0 Å². The van der Waals surface area contributed by atoms with Crippen LogP contribution in [0.25, 0.3) is 10.9 Å². The predicted octanol–water partition coefficient (Wildman–Crippen LogP) is 2.49. The molecule has 0 spiro atoms. The molecule has 4 aromatic heterocycles. The Balaban J connectivity index is 1.28. The summed E-state index contributed by atoms with van der Waals surface area (Å²) in [5.74, 6) is 2.01. The van der Waals surface area contributed by atoms with Crippen LogP contribution in [0.4, 0.5) is 17.5 Å². The number of nitrogens with zero attached hydrogens (tertiary/aromatic N) is 9. The number of hydrogen-bond acceptors (Lipinski definition) is 10. The Hall–Kier alpha value is -3.80. The average Bonchev–Trinajstić information content (AvgIpc) is 3.58. The number of aryl methyl sites for hydroxylation is 1. The molecule has 1 saturated carbocycles. The normalized spacial score (nSPS) is 20.8. The smallest absolute Gasteiger partial charge is 0.247 e. The second-order valence-electron chi connectivity index (χ2n) is 8.99. The third-order valence-corrected chi connectivity index (χ3v) is 6.71. The fraction of sp³-hybridized carbons (Fsp3) is 0.478. The Bertz CT molecular complexity index is 1280. The molecule has 0 unspecified atom stereocenters.